The summed E-state index contributed by atoms with van der Waals surface area (Å²) in [5.41, 5.74) is 0. The van der Waals surface area contributed by atoms with Crippen molar-refractivity contribution in [1.29, 1.82) is 0 Å². The summed E-state index contributed by atoms with van der Waals surface area (Å²) in [5.74, 6) is -0.708. The maximum Gasteiger partial charge on any atom is 0.392 e. The van der Waals surface area contributed by atoms with Gasteiger partial charge in [-0.25, -0.2) is 8.78 Å². The van der Waals surface area contributed by atoms with Gasteiger partial charge in [-0.05, 0) is 19.0 Å². The highest BCUT2D eigenvalue weighted by Gasteiger charge is 2.27. The van der Waals surface area contributed by atoms with Gasteiger partial charge in [-0.15, -0.1) is 0 Å². The minimum absolute atomic E-state index is 0.183. The van der Waals surface area contributed by atoms with Crippen LogP contribution >= 0.6 is 0 Å². The maximum absolute atomic E-state index is 13.0. The first-order valence-electron chi connectivity index (χ1n) is 5.57. The second-order valence-electron chi connectivity index (χ2n) is 4.81. The maximum atomic E-state index is 13.0. The minimum atomic E-state index is -2.39. The van der Waals surface area contributed by atoms with E-state index in [9.17, 15) is 8.78 Å². The van der Waals surface area contributed by atoms with Crippen LogP contribution in [0.25, 0.3) is 0 Å². The molecule has 1 aromatic rings. The van der Waals surface area contributed by atoms with E-state index in [1.165, 1.54) is 0 Å². The largest absolute Gasteiger partial charge is 0.520 e. The van der Waals surface area contributed by atoms with Crippen molar-refractivity contribution in [2.45, 2.75) is 26.9 Å². The second kappa shape index (κ2) is 5.60. The molecule has 0 spiro atoms. The van der Waals surface area contributed by atoms with E-state index in [-0.39, 0.29) is 5.75 Å². The van der Waals surface area contributed by atoms with E-state index in [0.29, 0.717) is 12.5 Å². The number of rotatable bonds is 5. The van der Waals surface area contributed by atoms with Crippen LogP contribution in [0.2, 0.25) is 13.1 Å². The van der Waals surface area contributed by atoms with Crippen LogP contribution < -0.4 is 4.43 Å². The van der Waals surface area contributed by atoms with Crippen LogP contribution in [-0.4, -0.2) is 15.2 Å². The number of benzene rings is 1. The molecule has 0 aliphatic rings. The fourth-order valence-electron chi connectivity index (χ4n) is 1.27. The zero-order valence-electron chi connectivity index (χ0n) is 10.6. The smallest absolute Gasteiger partial charge is 0.392 e. The first-order valence-corrected chi connectivity index (χ1v) is 8.39. The zero-order chi connectivity index (χ0) is 13.1. The third-order valence-electron chi connectivity index (χ3n) is 1.96. The molecule has 0 fully saturated rings. The van der Waals surface area contributed by atoms with Crippen molar-refractivity contribution in [1.82, 2.24) is 0 Å². The average molecular weight is 260 g/mol. The highest BCUT2D eigenvalue weighted by atomic mass is 28.4. The van der Waals surface area contributed by atoms with E-state index < -0.39 is 20.2 Å². The SMILES string of the molecule is CC(C)CO[Si](C)(C)Oc1cc(F)cc(F)c1. The molecule has 0 aromatic heterocycles. The molecule has 0 saturated heterocycles. The summed E-state index contributed by atoms with van der Waals surface area (Å²) in [6.45, 7) is 8.34. The van der Waals surface area contributed by atoms with Crippen molar-refractivity contribution in [3.05, 3.63) is 29.8 Å². The fraction of sp³-hybridized carbons (Fsp3) is 0.500. The molecule has 5 heteroatoms. The molecule has 96 valence electrons. The monoisotopic (exact) mass is 260 g/mol. The van der Waals surface area contributed by atoms with Crippen molar-refractivity contribution in [2.75, 3.05) is 6.61 Å². The molecule has 1 aromatic carbocycles. The lowest BCUT2D eigenvalue weighted by Gasteiger charge is -2.24. The Hall–Kier alpha value is -0.943. The Kier molecular flexibility index (Phi) is 4.65. The second-order valence-corrected chi connectivity index (χ2v) is 8.10. The fourth-order valence-corrected chi connectivity index (χ4v) is 2.75. The highest BCUT2D eigenvalue weighted by Crippen LogP contribution is 2.20. The summed E-state index contributed by atoms with van der Waals surface area (Å²) >= 11 is 0. The number of hydrogen-bond acceptors (Lipinski definition) is 2. The van der Waals surface area contributed by atoms with Gasteiger partial charge in [0.1, 0.15) is 17.4 Å². The van der Waals surface area contributed by atoms with E-state index in [4.69, 9.17) is 8.85 Å². The summed E-state index contributed by atoms with van der Waals surface area (Å²) in [6.07, 6.45) is 0. The predicted molar refractivity (Wildman–Crippen MR) is 65.3 cm³/mol. The Balaban J connectivity index is 2.68. The molecular formula is C12H18F2O2Si. The van der Waals surface area contributed by atoms with Gasteiger partial charge in [-0.2, -0.15) is 0 Å². The van der Waals surface area contributed by atoms with Gasteiger partial charge >= 0.3 is 8.56 Å². The van der Waals surface area contributed by atoms with Gasteiger partial charge in [0.15, 0.2) is 0 Å². The van der Waals surface area contributed by atoms with Gasteiger partial charge < -0.3 is 8.85 Å². The summed E-state index contributed by atoms with van der Waals surface area (Å²) in [6, 6.07) is 3.14. The van der Waals surface area contributed by atoms with Crippen molar-refractivity contribution >= 4 is 8.56 Å². The van der Waals surface area contributed by atoms with Crippen LogP contribution in [0.15, 0.2) is 18.2 Å². The van der Waals surface area contributed by atoms with Crippen LogP contribution in [0, 0.1) is 17.6 Å². The lowest BCUT2D eigenvalue weighted by molar-refractivity contribution is 0.216. The Morgan fingerprint density at radius 2 is 1.65 bits per heavy atom. The van der Waals surface area contributed by atoms with Crippen LogP contribution in [0.1, 0.15) is 13.8 Å². The lowest BCUT2D eigenvalue weighted by Crippen LogP contribution is -2.39. The summed E-state index contributed by atoms with van der Waals surface area (Å²) in [7, 11) is -2.39. The minimum Gasteiger partial charge on any atom is -0.520 e. The molecule has 1 rings (SSSR count). The van der Waals surface area contributed by atoms with Gasteiger partial charge in [0.2, 0.25) is 0 Å². The molecule has 0 amide bonds. The zero-order valence-corrected chi connectivity index (χ0v) is 11.6. The van der Waals surface area contributed by atoms with Crippen molar-refractivity contribution in [2.24, 2.45) is 5.92 Å². The van der Waals surface area contributed by atoms with Crippen molar-refractivity contribution < 1.29 is 17.6 Å². The Morgan fingerprint density at radius 3 is 2.12 bits per heavy atom. The molecule has 0 radical (unpaired) electrons. The van der Waals surface area contributed by atoms with Gasteiger partial charge in [0.05, 0.1) is 0 Å². The topological polar surface area (TPSA) is 18.5 Å². The number of halogens is 2. The first kappa shape index (κ1) is 14.1. The molecule has 0 saturated carbocycles. The van der Waals surface area contributed by atoms with E-state index in [0.717, 1.165) is 18.2 Å². The summed E-state index contributed by atoms with van der Waals surface area (Å²) in [4.78, 5) is 0. The molecule has 0 aliphatic heterocycles. The van der Waals surface area contributed by atoms with Crippen LogP contribution in [0.5, 0.6) is 5.75 Å². The normalized spacial score (nSPS) is 11.9. The standard InChI is InChI=1S/C12H18F2O2Si/c1-9(2)8-15-17(3,4)16-12-6-10(13)5-11(14)7-12/h5-7,9H,8H2,1-4H3. The summed E-state index contributed by atoms with van der Waals surface area (Å²) in [5, 5.41) is 0. The molecule has 0 heterocycles. The van der Waals surface area contributed by atoms with Gasteiger partial charge in [0, 0.05) is 24.8 Å². The van der Waals surface area contributed by atoms with E-state index in [1.54, 1.807) is 0 Å². The molecule has 0 N–H and O–H groups in total. The lowest BCUT2D eigenvalue weighted by atomic mass is 10.2. The van der Waals surface area contributed by atoms with Gasteiger partial charge in [-0.3, -0.25) is 0 Å². The van der Waals surface area contributed by atoms with Crippen molar-refractivity contribution in [3.8, 4) is 5.75 Å². The molecule has 0 atom stereocenters. The Bertz CT molecular complexity index is 361. The van der Waals surface area contributed by atoms with Crippen LogP contribution in [0.4, 0.5) is 8.78 Å². The summed E-state index contributed by atoms with van der Waals surface area (Å²) < 4.78 is 37.1. The third-order valence-corrected chi connectivity index (χ3v) is 3.55. The quantitative estimate of drug-likeness (QED) is 0.751. The molecular weight excluding hydrogens is 242 g/mol. The third kappa shape index (κ3) is 5.28. The molecule has 17 heavy (non-hydrogen) atoms. The predicted octanol–water partition coefficient (Wildman–Crippen LogP) is 3.72. The molecule has 0 aliphatic carbocycles. The van der Waals surface area contributed by atoms with Crippen LogP contribution in [0.3, 0.4) is 0 Å². The Morgan fingerprint density at radius 1 is 1.12 bits per heavy atom. The van der Waals surface area contributed by atoms with Crippen LogP contribution in [-0.2, 0) is 4.43 Å². The average Bonchev–Trinajstić information content (AvgIpc) is 2.12. The Labute approximate surface area is 102 Å². The number of hydrogen-bond donors (Lipinski definition) is 0. The first-order chi connectivity index (χ1) is 7.78. The van der Waals surface area contributed by atoms with E-state index >= 15 is 0 Å². The van der Waals surface area contributed by atoms with E-state index in [1.807, 2.05) is 26.9 Å². The van der Waals surface area contributed by atoms with Gasteiger partial charge in [0.25, 0.3) is 0 Å². The van der Waals surface area contributed by atoms with Crippen molar-refractivity contribution in [3.63, 3.8) is 0 Å². The highest BCUT2D eigenvalue weighted by molar-refractivity contribution is 6.65. The van der Waals surface area contributed by atoms with Gasteiger partial charge in [-0.1, -0.05) is 13.8 Å². The molecule has 2 nitrogen and oxygen atoms in total. The van der Waals surface area contributed by atoms with E-state index in [2.05, 4.69) is 0 Å². The molecule has 0 unspecified atom stereocenters. The molecule has 0 bridgehead atoms.